The third-order valence-electron chi connectivity index (χ3n) is 3.74. The Bertz CT molecular complexity index is 1180. The van der Waals surface area contributed by atoms with Gasteiger partial charge in [0.2, 0.25) is 0 Å². The molecule has 3 aromatic rings. The van der Waals surface area contributed by atoms with Crippen molar-refractivity contribution in [2.75, 3.05) is 5.32 Å². The van der Waals surface area contributed by atoms with Crippen LogP contribution in [-0.4, -0.2) is 14.8 Å². The van der Waals surface area contributed by atoms with E-state index in [1.165, 1.54) is 30.5 Å². The normalized spacial score (nSPS) is 11.0. The first-order chi connectivity index (χ1) is 13.9. The molecule has 2 aromatic carbocycles. The van der Waals surface area contributed by atoms with E-state index in [0.29, 0.717) is 16.3 Å². The number of nitrogens with one attached hydrogen (secondary N) is 1. The average Bonchev–Trinajstić information content (AvgIpc) is 3.19. The van der Waals surface area contributed by atoms with Crippen molar-refractivity contribution in [1.82, 2.24) is 4.98 Å². The molecule has 0 unspecified atom stereocenters. The third kappa shape index (κ3) is 4.40. The largest absolute Gasteiger partial charge is 0.355 e. The summed E-state index contributed by atoms with van der Waals surface area (Å²) in [6, 6.07) is 10.9. The van der Waals surface area contributed by atoms with Gasteiger partial charge in [0, 0.05) is 29.3 Å². The highest BCUT2D eigenvalue weighted by molar-refractivity contribution is 7.11. The lowest BCUT2D eigenvalue weighted by atomic mass is 10.1. The second-order valence-corrected chi connectivity index (χ2v) is 6.44. The lowest BCUT2D eigenvalue weighted by Gasteiger charge is -2.03. The summed E-state index contributed by atoms with van der Waals surface area (Å²) in [5, 5.41) is 35.9. The molecule has 1 heterocycles. The Hall–Kier alpha value is -4.17. The van der Waals surface area contributed by atoms with Gasteiger partial charge < -0.3 is 5.32 Å². The molecule has 0 aliphatic heterocycles. The van der Waals surface area contributed by atoms with Gasteiger partial charge in [-0.3, -0.25) is 20.2 Å². The fourth-order valence-electron chi connectivity index (χ4n) is 2.38. The SMILES string of the molecule is N#CC(=CNc1ccc(F)cc1[N+](=O)[O-])c1nc(-c2cccc([N+](=O)[O-])c2)cs1. The zero-order valence-corrected chi connectivity index (χ0v) is 15.2. The van der Waals surface area contributed by atoms with Crippen LogP contribution in [0.4, 0.5) is 21.5 Å². The monoisotopic (exact) mass is 411 g/mol. The van der Waals surface area contributed by atoms with Crippen LogP contribution in [0.1, 0.15) is 5.01 Å². The predicted molar refractivity (Wildman–Crippen MR) is 104 cm³/mol. The molecular formula is C18H10FN5O4S. The number of hydrogen-bond donors (Lipinski definition) is 1. The van der Waals surface area contributed by atoms with Crippen molar-refractivity contribution in [3.8, 4) is 17.3 Å². The molecule has 0 aliphatic carbocycles. The van der Waals surface area contributed by atoms with Gasteiger partial charge in [-0.1, -0.05) is 12.1 Å². The molecule has 1 N–H and O–H groups in total. The summed E-state index contributed by atoms with van der Waals surface area (Å²) < 4.78 is 13.2. The topological polar surface area (TPSA) is 135 Å². The zero-order valence-electron chi connectivity index (χ0n) is 14.4. The van der Waals surface area contributed by atoms with Crippen molar-refractivity contribution in [2.45, 2.75) is 0 Å². The predicted octanol–water partition coefficient (Wildman–Crippen LogP) is 4.74. The van der Waals surface area contributed by atoms with Crippen molar-refractivity contribution in [3.05, 3.63) is 85.1 Å². The minimum Gasteiger partial charge on any atom is -0.355 e. The van der Waals surface area contributed by atoms with Crippen molar-refractivity contribution in [3.63, 3.8) is 0 Å². The van der Waals surface area contributed by atoms with Crippen LogP contribution >= 0.6 is 11.3 Å². The van der Waals surface area contributed by atoms with E-state index in [1.54, 1.807) is 11.4 Å². The summed E-state index contributed by atoms with van der Waals surface area (Å²) >= 11 is 1.13. The number of non-ortho nitro benzene ring substituents is 1. The molecular weight excluding hydrogens is 401 g/mol. The fourth-order valence-corrected chi connectivity index (χ4v) is 3.17. The summed E-state index contributed by atoms with van der Waals surface area (Å²) in [6.07, 6.45) is 1.23. The lowest BCUT2D eigenvalue weighted by molar-refractivity contribution is -0.384. The molecule has 0 aliphatic rings. The summed E-state index contributed by atoms with van der Waals surface area (Å²) in [4.78, 5) is 25.0. The number of hydrogen-bond acceptors (Lipinski definition) is 8. The van der Waals surface area contributed by atoms with Crippen LogP contribution in [0.3, 0.4) is 0 Å². The molecule has 0 fully saturated rings. The summed E-state index contributed by atoms with van der Waals surface area (Å²) in [7, 11) is 0. The maximum absolute atomic E-state index is 13.2. The van der Waals surface area contributed by atoms with Gasteiger partial charge >= 0.3 is 0 Å². The van der Waals surface area contributed by atoms with Crippen molar-refractivity contribution in [1.29, 1.82) is 5.26 Å². The molecule has 0 atom stereocenters. The first-order valence-corrected chi connectivity index (χ1v) is 8.78. The Kier molecular flexibility index (Phi) is 5.56. The van der Waals surface area contributed by atoms with Crippen molar-refractivity contribution < 1.29 is 14.2 Å². The van der Waals surface area contributed by atoms with Gasteiger partial charge in [0.05, 0.1) is 21.6 Å². The molecule has 29 heavy (non-hydrogen) atoms. The van der Waals surface area contributed by atoms with Gasteiger partial charge in [-0.05, 0) is 12.1 Å². The second kappa shape index (κ2) is 8.24. The van der Waals surface area contributed by atoms with Gasteiger partial charge in [-0.25, -0.2) is 9.37 Å². The van der Waals surface area contributed by atoms with Crippen LogP contribution < -0.4 is 5.32 Å². The first-order valence-electron chi connectivity index (χ1n) is 7.90. The highest BCUT2D eigenvalue weighted by Gasteiger charge is 2.16. The molecule has 1 aromatic heterocycles. The van der Waals surface area contributed by atoms with Crippen molar-refractivity contribution >= 4 is 34.0 Å². The number of aromatic nitrogens is 1. The molecule has 0 saturated carbocycles. The number of nitriles is 1. The number of allylic oxidation sites excluding steroid dienone is 1. The van der Waals surface area contributed by atoms with Crippen LogP contribution in [0.25, 0.3) is 16.8 Å². The molecule has 0 spiro atoms. The molecule has 0 radical (unpaired) electrons. The molecule has 0 amide bonds. The molecule has 144 valence electrons. The number of nitrogens with zero attached hydrogens (tertiary/aromatic N) is 4. The van der Waals surface area contributed by atoms with E-state index >= 15 is 0 Å². The standard InChI is InChI=1S/C18H10FN5O4S/c19-13-4-5-15(17(7-13)24(27)28)21-9-12(8-20)18-22-16(10-29-18)11-2-1-3-14(6-11)23(25)26/h1-7,9-10,21H. The molecule has 9 nitrogen and oxygen atoms in total. The highest BCUT2D eigenvalue weighted by Crippen LogP contribution is 2.29. The maximum atomic E-state index is 13.2. The average molecular weight is 411 g/mol. The zero-order chi connectivity index (χ0) is 21.0. The van der Waals surface area contributed by atoms with Crippen LogP contribution in [0.2, 0.25) is 0 Å². The van der Waals surface area contributed by atoms with Crippen LogP contribution in [-0.2, 0) is 0 Å². The number of nitro groups is 2. The van der Waals surface area contributed by atoms with Gasteiger partial charge in [-0.15, -0.1) is 11.3 Å². The third-order valence-corrected chi connectivity index (χ3v) is 4.61. The number of rotatable bonds is 6. The Balaban J connectivity index is 1.89. The van der Waals surface area contributed by atoms with E-state index in [4.69, 9.17) is 0 Å². The molecule has 0 saturated heterocycles. The molecule has 3 rings (SSSR count). The minimum absolute atomic E-state index is 0.0135. The number of halogens is 1. The summed E-state index contributed by atoms with van der Waals surface area (Å²) in [5.74, 6) is -0.756. The number of anilines is 1. The Labute approximate surface area is 166 Å². The molecule has 0 bridgehead atoms. The summed E-state index contributed by atoms with van der Waals surface area (Å²) in [6.45, 7) is 0. The van der Waals surface area contributed by atoms with E-state index in [0.717, 1.165) is 23.5 Å². The van der Waals surface area contributed by atoms with Gasteiger partial charge in [0.25, 0.3) is 11.4 Å². The highest BCUT2D eigenvalue weighted by atomic mass is 32.1. The van der Waals surface area contributed by atoms with E-state index in [9.17, 15) is 29.9 Å². The molecule has 11 heteroatoms. The second-order valence-electron chi connectivity index (χ2n) is 5.58. The summed E-state index contributed by atoms with van der Waals surface area (Å²) in [5.41, 5.74) is 0.502. The maximum Gasteiger partial charge on any atom is 0.295 e. The Morgan fingerprint density at radius 3 is 2.69 bits per heavy atom. The minimum atomic E-state index is -0.756. The van der Waals surface area contributed by atoms with Gasteiger partial charge in [0.15, 0.2) is 0 Å². The Morgan fingerprint density at radius 1 is 1.21 bits per heavy atom. The van der Waals surface area contributed by atoms with Crippen LogP contribution in [0.5, 0.6) is 0 Å². The van der Waals surface area contributed by atoms with E-state index < -0.39 is 21.4 Å². The van der Waals surface area contributed by atoms with Crippen molar-refractivity contribution in [2.24, 2.45) is 0 Å². The number of thiazole rings is 1. The fraction of sp³-hybridized carbons (Fsp3) is 0. The quantitative estimate of drug-likeness (QED) is 0.351. The van der Waals surface area contributed by atoms with E-state index in [2.05, 4.69) is 10.3 Å². The first kappa shape index (κ1) is 19.6. The van der Waals surface area contributed by atoms with Gasteiger partial charge in [-0.2, -0.15) is 5.26 Å². The lowest BCUT2D eigenvalue weighted by Crippen LogP contribution is -1.97. The van der Waals surface area contributed by atoms with Crippen LogP contribution in [0, 0.1) is 37.4 Å². The number of nitro benzene ring substituents is 2. The van der Waals surface area contributed by atoms with Gasteiger partial charge in [0.1, 0.15) is 28.2 Å². The Morgan fingerprint density at radius 2 is 2.00 bits per heavy atom. The van der Waals surface area contributed by atoms with Crippen LogP contribution in [0.15, 0.2) is 54.0 Å². The van der Waals surface area contributed by atoms with E-state index in [1.807, 2.05) is 6.07 Å². The number of benzene rings is 2. The van der Waals surface area contributed by atoms with E-state index in [-0.39, 0.29) is 16.9 Å². The smallest absolute Gasteiger partial charge is 0.295 e.